The zero-order valence-corrected chi connectivity index (χ0v) is 7.79. The minimum absolute atomic E-state index is 0.0692. The third-order valence-electron chi connectivity index (χ3n) is 2.27. The zero-order valence-electron chi connectivity index (χ0n) is 7.79. The van der Waals surface area contributed by atoms with Gasteiger partial charge in [-0.15, -0.1) is 0 Å². The molecule has 1 fully saturated rings. The highest BCUT2D eigenvalue weighted by Gasteiger charge is 2.12. The summed E-state index contributed by atoms with van der Waals surface area (Å²) in [6.07, 6.45) is 6.17. The number of carbonyl (C=O) groups is 1. The van der Waals surface area contributed by atoms with Crippen LogP contribution in [-0.4, -0.2) is 23.7 Å². The summed E-state index contributed by atoms with van der Waals surface area (Å²) < 4.78 is 0. The fourth-order valence-electron chi connectivity index (χ4n) is 1.54. The van der Waals surface area contributed by atoms with Crippen molar-refractivity contribution in [1.82, 2.24) is 5.48 Å². The normalized spacial score (nSPS) is 18.8. The molecule has 0 saturated heterocycles. The maximum Gasteiger partial charge on any atom is 0.305 e. The molecule has 1 saturated carbocycles. The fourth-order valence-corrected chi connectivity index (χ4v) is 1.54. The van der Waals surface area contributed by atoms with Crippen molar-refractivity contribution in [2.24, 2.45) is 0 Å². The third kappa shape index (κ3) is 4.85. The van der Waals surface area contributed by atoms with E-state index in [1.165, 1.54) is 19.3 Å². The highest BCUT2D eigenvalue weighted by Crippen LogP contribution is 2.17. The van der Waals surface area contributed by atoms with Crippen LogP contribution in [0.25, 0.3) is 0 Å². The Bertz CT molecular complexity index is 155. The van der Waals surface area contributed by atoms with E-state index in [0.29, 0.717) is 6.04 Å². The van der Waals surface area contributed by atoms with Gasteiger partial charge in [0.25, 0.3) is 0 Å². The summed E-state index contributed by atoms with van der Waals surface area (Å²) in [4.78, 5) is 15.2. The van der Waals surface area contributed by atoms with Crippen LogP contribution in [-0.2, 0) is 9.63 Å². The van der Waals surface area contributed by atoms with Crippen molar-refractivity contribution in [3.8, 4) is 0 Å². The van der Waals surface area contributed by atoms with Crippen molar-refractivity contribution in [2.75, 3.05) is 6.61 Å². The molecule has 0 bridgehead atoms. The molecule has 4 nitrogen and oxygen atoms in total. The Morgan fingerprint density at radius 2 is 2.08 bits per heavy atom. The zero-order chi connectivity index (χ0) is 9.52. The Morgan fingerprint density at radius 3 is 2.69 bits per heavy atom. The molecule has 0 atom stereocenters. The van der Waals surface area contributed by atoms with Crippen LogP contribution in [0.2, 0.25) is 0 Å². The largest absolute Gasteiger partial charge is 0.481 e. The predicted octanol–water partition coefficient (Wildman–Crippen LogP) is 1.31. The van der Waals surface area contributed by atoms with Crippen LogP contribution >= 0.6 is 0 Å². The minimum Gasteiger partial charge on any atom is -0.481 e. The maximum atomic E-state index is 10.1. The van der Waals surface area contributed by atoms with Gasteiger partial charge in [-0.05, 0) is 12.8 Å². The van der Waals surface area contributed by atoms with Crippen molar-refractivity contribution in [1.29, 1.82) is 0 Å². The van der Waals surface area contributed by atoms with Gasteiger partial charge in [0.2, 0.25) is 0 Å². The molecular formula is C9H17NO3. The van der Waals surface area contributed by atoms with Gasteiger partial charge in [0, 0.05) is 6.04 Å². The average molecular weight is 187 g/mol. The number of carboxylic acids is 1. The summed E-state index contributed by atoms with van der Waals surface area (Å²) in [6.45, 7) is 0.256. The van der Waals surface area contributed by atoms with E-state index in [9.17, 15) is 4.79 Å². The molecule has 1 aliphatic rings. The molecule has 13 heavy (non-hydrogen) atoms. The smallest absolute Gasteiger partial charge is 0.305 e. The number of hydroxylamine groups is 1. The molecule has 4 heteroatoms. The standard InChI is InChI=1S/C9H17NO3/c11-9(12)6-7-13-10-8-4-2-1-3-5-8/h8,10H,1-7H2,(H,11,12). The van der Waals surface area contributed by atoms with E-state index < -0.39 is 5.97 Å². The predicted molar refractivity (Wildman–Crippen MR) is 48.2 cm³/mol. The van der Waals surface area contributed by atoms with Crippen LogP contribution in [0.15, 0.2) is 0 Å². The van der Waals surface area contributed by atoms with Crippen LogP contribution in [0.5, 0.6) is 0 Å². The second kappa shape index (κ2) is 5.94. The number of rotatable bonds is 5. The van der Waals surface area contributed by atoms with Crippen molar-refractivity contribution in [3.05, 3.63) is 0 Å². The van der Waals surface area contributed by atoms with E-state index in [-0.39, 0.29) is 13.0 Å². The lowest BCUT2D eigenvalue weighted by Gasteiger charge is -2.21. The van der Waals surface area contributed by atoms with Crippen LogP contribution < -0.4 is 5.48 Å². The first-order valence-electron chi connectivity index (χ1n) is 4.88. The van der Waals surface area contributed by atoms with Gasteiger partial charge in [0.05, 0.1) is 13.0 Å². The van der Waals surface area contributed by atoms with E-state index in [2.05, 4.69) is 5.48 Å². The summed E-state index contributed by atoms with van der Waals surface area (Å²) in [6, 6.07) is 0.433. The highest BCUT2D eigenvalue weighted by atomic mass is 16.6. The van der Waals surface area contributed by atoms with Crippen molar-refractivity contribution >= 4 is 5.97 Å². The number of carboxylic acid groups (broad SMARTS) is 1. The molecule has 76 valence electrons. The van der Waals surface area contributed by atoms with Gasteiger partial charge >= 0.3 is 5.97 Å². The number of hydrogen-bond donors (Lipinski definition) is 2. The van der Waals surface area contributed by atoms with Crippen molar-refractivity contribution < 1.29 is 14.7 Å². The van der Waals surface area contributed by atoms with Gasteiger partial charge in [-0.1, -0.05) is 19.3 Å². The molecule has 1 rings (SSSR count). The Hall–Kier alpha value is -0.610. The molecule has 0 aromatic heterocycles. The van der Waals surface area contributed by atoms with Gasteiger partial charge in [-0.2, -0.15) is 5.48 Å². The topological polar surface area (TPSA) is 58.6 Å². The van der Waals surface area contributed by atoms with Gasteiger partial charge in [0.1, 0.15) is 0 Å². The van der Waals surface area contributed by atoms with Gasteiger partial charge < -0.3 is 9.94 Å². The minimum atomic E-state index is -0.814. The Labute approximate surface area is 78.2 Å². The van der Waals surface area contributed by atoms with E-state index >= 15 is 0 Å². The van der Waals surface area contributed by atoms with Crippen LogP contribution in [0.4, 0.5) is 0 Å². The molecule has 0 aromatic rings. The highest BCUT2D eigenvalue weighted by molar-refractivity contribution is 5.66. The van der Waals surface area contributed by atoms with Crippen LogP contribution in [0, 0.1) is 0 Å². The molecule has 0 aliphatic heterocycles. The average Bonchev–Trinajstić information content (AvgIpc) is 2.14. The summed E-state index contributed by atoms with van der Waals surface area (Å²) in [5.74, 6) is -0.814. The Morgan fingerprint density at radius 1 is 1.38 bits per heavy atom. The van der Waals surface area contributed by atoms with Crippen LogP contribution in [0.1, 0.15) is 38.5 Å². The number of aliphatic carboxylic acids is 1. The Kier molecular flexibility index (Phi) is 4.78. The molecule has 0 amide bonds. The summed E-state index contributed by atoms with van der Waals surface area (Å²) in [5, 5.41) is 8.34. The first-order valence-corrected chi connectivity index (χ1v) is 4.88. The molecule has 0 radical (unpaired) electrons. The lowest BCUT2D eigenvalue weighted by molar-refractivity contribution is -0.139. The van der Waals surface area contributed by atoms with Gasteiger partial charge in [-0.3, -0.25) is 4.79 Å². The molecule has 0 aromatic carbocycles. The second-order valence-electron chi connectivity index (χ2n) is 3.44. The summed E-state index contributed by atoms with van der Waals surface area (Å²) in [5.41, 5.74) is 2.91. The van der Waals surface area contributed by atoms with Crippen LogP contribution in [0.3, 0.4) is 0 Å². The summed E-state index contributed by atoms with van der Waals surface area (Å²) in [7, 11) is 0. The summed E-state index contributed by atoms with van der Waals surface area (Å²) >= 11 is 0. The number of nitrogens with one attached hydrogen (secondary N) is 1. The van der Waals surface area contributed by atoms with Gasteiger partial charge in [0.15, 0.2) is 0 Å². The molecule has 0 spiro atoms. The maximum absolute atomic E-state index is 10.1. The van der Waals surface area contributed by atoms with Gasteiger partial charge in [-0.25, -0.2) is 0 Å². The third-order valence-corrected chi connectivity index (χ3v) is 2.27. The quantitative estimate of drug-likeness (QED) is 0.503. The lowest BCUT2D eigenvalue weighted by atomic mass is 9.96. The first kappa shape index (κ1) is 10.5. The first-order chi connectivity index (χ1) is 6.29. The fraction of sp³-hybridized carbons (Fsp3) is 0.889. The number of hydrogen-bond acceptors (Lipinski definition) is 3. The van der Waals surface area contributed by atoms with E-state index in [1.807, 2.05) is 0 Å². The lowest BCUT2D eigenvalue weighted by Crippen LogP contribution is -2.31. The van der Waals surface area contributed by atoms with E-state index in [4.69, 9.17) is 9.94 Å². The van der Waals surface area contributed by atoms with E-state index in [1.54, 1.807) is 0 Å². The monoisotopic (exact) mass is 187 g/mol. The molecule has 0 heterocycles. The Balaban J connectivity index is 1.95. The molecule has 0 unspecified atom stereocenters. The SMILES string of the molecule is O=C(O)CCONC1CCCCC1. The van der Waals surface area contributed by atoms with Crippen molar-refractivity contribution in [2.45, 2.75) is 44.6 Å². The molecule has 1 aliphatic carbocycles. The molecule has 2 N–H and O–H groups in total. The van der Waals surface area contributed by atoms with Crippen molar-refractivity contribution in [3.63, 3.8) is 0 Å². The molecular weight excluding hydrogens is 170 g/mol. The van der Waals surface area contributed by atoms with E-state index in [0.717, 1.165) is 12.8 Å². The second-order valence-corrected chi connectivity index (χ2v) is 3.44.